The van der Waals surface area contributed by atoms with Crippen molar-refractivity contribution in [3.8, 4) is 11.1 Å². The van der Waals surface area contributed by atoms with Gasteiger partial charge >= 0.3 is 5.97 Å². The van der Waals surface area contributed by atoms with E-state index in [-0.39, 0.29) is 43.9 Å². The van der Waals surface area contributed by atoms with Crippen LogP contribution in [0, 0.1) is 31.3 Å². The van der Waals surface area contributed by atoms with E-state index in [4.69, 9.17) is 20.3 Å². The first-order valence-corrected chi connectivity index (χ1v) is 20.3. The molecule has 3 aromatic heterocycles. The van der Waals surface area contributed by atoms with Gasteiger partial charge in [0.1, 0.15) is 48.9 Å². The summed E-state index contributed by atoms with van der Waals surface area (Å²) in [5.74, 6) is -3.64. The van der Waals surface area contributed by atoms with Gasteiger partial charge in [0, 0.05) is 42.6 Å². The second kappa shape index (κ2) is 22.2. The summed E-state index contributed by atoms with van der Waals surface area (Å²) >= 11 is 0. The van der Waals surface area contributed by atoms with Crippen LogP contribution in [0.3, 0.4) is 0 Å². The molecule has 1 amide bonds. The number of carboxylic acids is 1. The Labute approximate surface area is 368 Å². The Balaban J connectivity index is 0.000000298. The van der Waals surface area contributed by atoms with Crippen LogP contribution >= 0.6 is 0 Å². The van der Waals surface area contributed by atoms with Crippen molar-refractivity contribution in [1.29, 1.82) is 0 Å². The van der Waals surface area contributed by atoms with Crippen molar-refractivity contribution in [2.75, 3.05) is 0 Å². The van der Waals surface area contributed by atoms with Gasteiger partial charge in [-0.3, -0.25) is 19.4 Å². The molecule has 7 rings (SSSR count). The van der Waals surface area contributed by atoms with Crippen molar-refractivity contribution in [2.45, 2.75) is 72.1 Å². The summed E-state index contributed by atoms with van der Waals surface area (Å²) in [7, 11) is 0. The molecule has 0 spiro atoms. The van der Waals surface area contributed by atoms with Crippen molar-refractivity contribution in [3.05, 3.63) is 196 Å². The van der Waals surface area contributed by atoms with Gasteiger partial charge in [-0.1, -0.05) is 72.8 Å². The van der Waals surface area contributed by atoms with Gasteiger partial charge in [-0.05, 0) is 72.9 Å². The molecule has 3 N–H and O–H groups in total. The van der Waals surface area contributed by atoms with Gasteiger partial charge in [-0.25, -0.2) is 23.1 Å². The fourth-order valence-corrected chi connectivity index (χ4v) is 7.19. The molecule has 0 aliphatic heterocycles. The minimum Gasteiger partial charge on any atom is -0.480 e. The maximum atomic E-state index is 14.3. The van der Waals surface area contributed by atoms with Crippen LogP contribution in [0.4, 0.5) is 13.2 Å². The average Bonchev–Trinajstić information content (AvgIpc) is 3.79. The van der Waals surface area contributed by atoms with Gasteiger partial charge in [0.2, 0.25) is 0 Å². The highest BCUT2D eigenvalue weighted by Crippen LogP contribution is 2.33. The van der Waals surface area contributed by atoms with Crippen molar-refractivity contribution in [1.82, 2.24) is 24.1 Å². The number of amides is 1. The van der Waals surface area contributed by atoms with Crippen LogP contribution in [-0.2, 0) is 65.0 Å². The molecule has 7 aromatic rings. The van der Waals surface area contributed by atoms with Crippen LogP contribution < -0.4 is 5.73 Å². The number of hydrogen-bond acceptors (Lipinski definition) is 8. The lowest BCUT2D eigenvalue weighted by molar-refractivity contribution is -0.137. The molecule has 15 heteroatoms. The molecule has 0 aliphatic rings. The van der Waals surface area contributed by atoms with Crippen LogP contribution in [0.5, 0.6) is 0 Å². The second-order valence-corrected chi connectivity index (χ2v) is 15.1. The number of aromatic nitrogens is 5. The first-order valence-electron chi connectivity index (χ1n) is 20.3. The number of aryl methyl sites for hydroxylation is 2. The number of ether oxygens (including phenoxy) is 2. The Morgan fingerprint density at radius 1 is 0.688 bits per heavy atom. The summed E-state index contributed by atoms with van der Waals surface area (Å²) in [5, 5.41) is 8.81. The lowest BCUT2D eigenvalue weighted by Gasteiger charge is -2.20. The van der Waals surface area contributed by atoms with E-state index in [0.29, 0.717) is 53.9 Å². The van der Waals surface area contributed by atoms with Gasteiger partial charge in [0.05, 0.1) is 42.4 Å². The van der Waals surface area contributed by atoms with Crippen molar-refractivity contribution < 1.29 is 42.1 Å². The topological polar surface area (TPSA) is 164 Å². The number of benzene rings is 4. The molecule has 3 heterocycles. The Morgan fingerprint density at radius 2 is 1.25 bits per heavy atom. The number of hydrogen-bond donors (Lipinski definition) is 2. The third kappa shape index (κ3) is 13.4. The van der Waals surface area contributed by atoms with E-state index < -0.39 is 35.2 Å². The summed E-state index contributed by atoms with van der Waals surface area (Å²) < 4.78 is 57.4. The van der Waals surface area contributed by atoms with Crippen LogP contribution in [0.15, 0.2) is 128 Å². The van der Waals surface area contributed by atoms with E-state index in [1.807, 2.05) is 74.5 Å². The van der Waals surface area contributed by atoms with E-state index in [2.05, 4.69) is 15.0 Å². The molecule has 12 nitrogen and oxygen atoms in total. The lowest BCUT2D eigenvalue weighted by atomic mass is 9.86. The SMILES string of the molecule is Cc1cn(CC(=O)C[C@@H](Cc2cc(F)cc(F)c2)c2ncccc2-c2ccc(F)c(C(N)=O)c2)c(COCc2ccccc2)n1.Cc1cn(CC(=O)O)c(COCc2ccccc2)n1. The first kappa shape index (κ1) is 46.3. The van der Waals surface area contributed by atoms with Crippen molar-refractivity contribution >= 4 is 17.7 Å². The van der Waals surface area contributed by atoms with E-state index in [0.717, 1.165) is 34.6 Å². The maximum Gasteiger partial charge on any atom is 0.323 e. The summed E-state index contributed by atoms with van der Waals surface area (Å²) in [5.41, 5.74) is 10.5. The normalized spacial score (nSPS) is 11.5. The molecule has 0 radical (unpaired) electrons. The molecule has 0 saturated carbocycles. The molecular formula is C49H47F3N6O6. The van der Waals surface area contributed by atoms with E-state index >= 15 is 0 Å². The van der Waals surface area contributed by atoms with Gasteiger partial charge in [-0.2, -0.15) is 0 Å². The molecule has 330 valence electrons. The first-order chi connectivity index (χ1) is 30.8. The third-order valence-corrected chi connectivity index (χ3v) is 9.94. The highest BCUT2D eigenvalue weighted by atomic mass is 19.1. The number of nitrogens with zero attached hydrogens (tertiary/aromatic N) is 5. The average molecular weight is 873 g/mol. The number of nitrogens with two attached hydrogens (primary N) is 1. The Hall–Kier alpha value is -7.23. The zero-order chi connectivity index (χ0) is 45.6. The summed E-state index contributed by atoms with van der Waals surface area (Å²) in [6, 6.07) is 30.1. The molecule has 0 fully saturated rings. The molecule has 1 atom stereocenters. The summed E-state index contributed by atoms with van der Waals surface area (Å²) in [4.78, 5) is 49.6. The molecule has 0 saturated heterocycles. The Morgan fingerprint density at radius 3 is 1.80 bits per heavy atom. The second-order valence-electron chi connectivity index (χ2n) is 15.1. The number of Topliss-reactive ketones (excluding diaryl/α,β-unsaturated/α-hetero) is 1. The smallest absolute Gasteiger partial charge is 0.323 e. The fourth-order valence-electron chi connectivity index (χ4n) is 7.19. The van der Waals surface area contributed by atoms with E-state index in [1.165, 1.54) is 24.3 Å². The number of halogens is 3. The monoisotopic (exact) mass is 872 g/mol. The number of ketones is 1. The molecule has 0 bridgehead atoms. The third-order valence-electron chi connectivity index (χ3n) is 9.94. The van der Waals surface area contributed by atoms with Gasteiger partial charge in [0.25, 0.3) is 5.91 Å². The quantitative estimate of drug-likeness (QED) is 0.0811. The molecule has 0 unspecified atom stereocenters. The lowest BCUT2D eigenvalue weighted by Crippen LogP contribution is -2.18. The molecule has 4 aromatic carbocycles. The fraction of sp³-hybridized carbons (Fsp3) is 0.224. The van der Waals surface area contributed by atoms with E-state index in [9.17, 15) is 27.6 Å². The number of carboxylic acid groups (broad SMARTS) is 1. The molecule has 0 aliphatic carbocycles. The minimum absolute atomic E-state index is 0.0105. The largest absolute Gasteiger partial charge is 0.480 e. The minimum atomic E-state index is -0.930. The van der Waals surface area contributed by atoms with Crippen LogP contribution in [0.2, 0.25) is 0 Å². The Bertz CT molecular complexity index is 2670. The zero-order valence-corrected chi connectivity index (χ0v) is 35.3. The number of aliphatic carboxylic acids is 1. The van der Waals surface area contributed by atoms with Gasteiger partial charge in [0.15, 0.2) is 5.78 Å². The number of rotatable bonds is 19. The standard InChI is InChI=1S/C35H31F3N4O3.C14H16N2O3/c1-22-18-42(33(41-22)21-45-20-23-6-3-2-4-7-23)19-29(43)15-26(12-24-13-27(36)17-28(37)14-24)34-30(8-5-11-40-34)25-9-10-32(38)31(16-25)35(39)44;1-11-7-16(8-14(17)18)13(15-11)10-19-9-12-5-3-2-4-6-12/h2-11,13-14,16-18,26H,12,15,19-21H2,1H3,(H2,39,44);2-7H,8-10H2,1H3,(H,17,18)/t26-;/m1./s1. The molecular weight excluding hydrogens is 826 g/mol. The van der Waals surface area contributed by atoms with E-state index in [1.54, 1.807) is 39.9 Å². The maximum absolute atomic E-state index is 14.3. The highest BCUT2D eigenvalue weighted by Gasteiger charge is 2.24. The number of pyridine rings is 1. The number of carbonyl (C=O) groups is 3. The van der Waals surface area contributed by atoms with Crippen LogP contribution in [0.1, 0.15) is 68.1 Å². The summed E-state index contributed by atoms with van der Waals surface area (Å²) in [6.45, 7) is 4.92. The zero-order valence-electron chi connectivity index (χ0n) is 35.3. The molecule has 64 heavy (non-hydrogen) atoms. The highest BCUT2D eigenvalue weighted by molar-refractivity contribution is 5.94. The predicted molar refractivity (Wildman–Crippen MR) is 232 cm³/mol. The predicted octanol–water partition coefficient (Wildman–Crippen LogP) is 8.47. The number of carbonyl (C=O) groups excluding carboxylic acids is 2. The van der Waals surface area contributed by atoms with Crippen LogP contribution in [-0.4, -0.2) is 46.9 Å². The van der Waals surface area contributed by atoms with Gasteiger partial charge < -0.3 is 29.4 Å². The van der Waals surface area contributed by atoms with Crippen molar-refractivity contribution in [3.63, 3.8) is 0 Å². The summed E-state index contributed by atoms with van der Waals surface area (Å²) in [6.07, 6.45) is 5.09. The van der Waals surface area contributed by atoms with Crippen LogP contribution in [0.25, 0.3) is 11.1 Å². The number of imidazole rings is 2. The number of primary amides is 1. The Kier molecular flexibility index (Phi) is 16.1. The van der Waals surface area contributed by atoms with Gasteiger partial charge in [-0.15, -0.1) is 0 Å². The van der Waals surface area contributed by atoms with Crippen molar-refractivity contribution in [2.24, 2.45) is 5.73 Å².